The van der Waals surface area contributed by atoms with E-state index in [0.29, 0.717) is 5.02 Å². The number of H-pyrrole nitrogens is 1. The van der Waals surface area contributed by atoms with Crippen molar-refractivity contribution < 1.29 is 4.74 Å². The fraction of sp³-hybridized carbons (Fsp3) is 0.115. The second-order valence-electron chi connectivity index (χ2n) is 7.92. The molecular weight excluding hydrogens is 505 g/mol. The fourth-order valence-electron chi connectivity index (χ4n) is 4.01. The molecule has 0 atom stereocenters. The molecule has 1 aliphatic heterocycles. The number of hydrogen-bond acceptors (Lipinski definition) is 5. The van der Waals surface area contributed by atoms with Crippen molar-refractivity contribution in [1.29, 1.82) is 0 Å². The summed E-state index contributed by atoms with van der Waals surface area (Å²) in [4.78, 5) is 17.1. The van der Waals surface area contributed by atoms with Gasteiger partial charge in [0.2, 0.25) is 0 Å². The van der Waals surface area contributed by atoms with Crippen LogP contribution in [0.25, 0.3) is 33.3 Å². The van der Waals surface area contributed by atoms with Crippen molar-refractivity contribution in [2.45, 2.75) is 6.42 Å². The minimum absolute atomic E-state index is 0. The molecule has 0 unspecified atom stereocenters. The van der Waals surface area contributed by atoms with Crippen molar-refractivity contribution in [2.24, 2.45) is 4.99 Å². The number of benzene rings is 3. The summed E-state index contributed by atoms with van der Waals surface area (Å²) >= 11 is 6.09. The van der Waals surface area contributed by atoms with Crippen molar-refractivity contribution in [3.63, 3.8) is 0 Å². The number of nitrogens with one attached hydrogen (secondary N) is 2. The number of imidazole rings is 1. The molecule has 0 bridgehead atoms. The van der Waals surface area contributed by atoms with E-state index in [1.165, 1.54) is 0 Å². The van der Waals surface area contributed by atoms with Crippen LogP contribution in [0.1, 0.15) is 12.0 Å². The highest BCUT2D eigenvalue weighted by molar-refractivity contribution is 6.31. The van der Waals surface area contributed by atoms with Gasteiger partial charge in [-0.15, -0.1) is 24.8 Å². The Morgan fingerprint density at radius 1 is 0.857 bits per heavy atom. The Labute approximate surface area is 219 Å². The Hall–Kier alpha value is -3.32. The molecular formula is C26H22Cl3N5O. The van der Waals surface area contributed by atoms with Crippen LogP contribution in [-0.2, 0) is 0 Å². The number of aromatic amines is 1. The number of aromatic nitrogens is 3. The largest absolute Gasteiger partial charge is 0.457 e. The molecule has 0 amide bonds. The zero-order valence-corrected chi connectivity index (χ0v) is 20.9. The molecule has 9 heteroatoms. The maximum Gasteiger partial charge on any atom is 0.138 e. The van der Waals surface area contributed by atoms with Crippen molar-refractivity contribution in [1.82, 2.24) is 20.3 Å². The number of hydrogen-bond donors (Lipinski definition) is 2. The van der Waals surface area contributed by atoms with Crippen LogP contribution >= 0.6 is 36.4 Å². The number of halogens is 3. The van der Waals surface area contributed by atoms with E-state index in [1.807, 2.05) is 54.6 Å². The van der Waals surface area contributed by atoms with Gasteiger partial charge >= 0.3 is 0 Å². The first-order valence-corrected chi connectivity index (χ1v) is 11.2. The monoisotopic (exact) mass is 525 g/mol. The predicted octanol–water partition coefficient (Wildman–Crippen LogP) is 6.81. The van der Waals surface area contributed by atoms with Gasteiger partial charge in [-0.1, -0.05) is 11.6 Å². The SMILES string of the molecule is Cl.Cl.Clc1ccc2c(Oc3ccc(-c4nc5ccc(C6=NCCCN6)cc5[nH]4)cc3)ccnc2c1. The fourth-order valence-corrected chi connectivity index (χ4v) is 4.18. The highest BCUT2D eigenvalue weighted by Gasteiger charge is 2.11. The lowest BCUT2D eigenvalue weighted by Crippen LogP contribution is -2.30. The number of ether oxygens (including phenoxy) is 1. The zero-order chi connectivity index (χ0) is 22.2. The first-order chi connectivity index (χ1) is 16.2. The highest BCUT2D eigenvalue weighted by atomic mass is 35.5. The summed E-state index contributed by atoms with van der Waals surface area (Å²) in [6.07, 6.45) is 2.80. The van der Waals surface area contributed by atoms with E-state index < -0.39 is 0 Å². The number of aliphatic imine (C=N–C) groups is 1. The molecule has 3 heterocycles. The van der Waals surface area contributed by atoms with Crippen LogP contribution in [0.2, 0.25) is 5.02 Å². The number of pyridine rings is 1. The van der Waals surface area contributed by atoms with Gasteiger partial charge in [-0.2, -0.15) is 0 Å². The molecule has 0 fully saturated rings. The lowest BCUT2D eigenvalue weighted by Gasteiger charge is -2.14. The van der Waals surface area contributed by atoms with E-state index in [9.17, 15) is 0 Å². The third-order valence-corrected chi connectivity index (χ3v) is 5.91. The van der Waals surface area contributed by atoms with Gasteiger partial charge in [0.1, 0.15) is 23.2 Å². The molecule has 0 saturated carbocycles. The van der Waals surface area contributed by atoms with Crippen LogP contribution < -0.4 is 10.1 Å². The summed E-state index contributed by atoms with van der Waals surface area (Å²) in [5, 5.41) is 4.93. The lowest BCUT2D eigenvalue weighted by atomic mass is 10.1. The molecule has 178 valence electrons. The van der Waals surface area contributed by atoms with Gasteiger partial charge in [-0.25, -0.2) is 4.98 Å². The summed E-state index contributed by atoms with van der Waals surface area (Å²) < 4.78 is 6.13. The van der Waals surface area contributed by atoms with Crippen molar-refractivity contribution in [3.05, 3.63) is 83.5 Å². The van der Waals surface area contributed by atoms with Crippen LogP contribution in [0.15, 0.2) is 77.9 Å². The topological polar surface area (TPSA) is 75.2 Å². The number of fused-ring (bicyclic) bond motifs is 2. The number of amidine groups is 1. The normalized spacial score (nSPS) is 12.9. The van der Waals surface area contributed by atoms with E-state index in [4.69, 9.17) is 21.3 Å². The standard InChI is InChI=1S/C26H20ClN5O.2ClH/c27-18-5-8-20-22(15-18)28-13-10-24(20)33-19-6-2-16(3-7-19)26-31-21-9-4-17(14-23(21)32-26)25-29-11-1-12-30-25;;/h2-10,13-15H,1,11-12H2,(H,29,30)(H,31,32);2*1H. The third-order valence-electron chi connectivity index (χ3n) is 5.67. The van der Waals surface area contributed by atoms with E-state index in [0.717, 1.165) is 75.7 Å². The first kappa shape index (κ1) is 24.8. The van der Waals surface area contributed by atoms with E-state index >= 15 is 0 Å². The number of rotatable bonds is 4. The third kappa shape index (κ3) is 5.05. The molecule has 0 spiro atoms. The van der Waals surface area contributed by atoms with Gasteiger partial charge in [-0.3, -0.25) is 9.98 Å². The van der Waals surface area contributed by atoms with Crippen molar-refractivity contribution >= 4 is 64.2 Å². The predicted molar refractivity (Wildman–Crippen MR) is 147 cm³/mol. The van der Waals surface area contributed by atoms with Gasteiger partial charge < -0.3 is 15.0 Å². The van der Waals surface area contributed by atoms with Crippen molar-refractivity contribution in [2.75, 3.05) is 13.1 Å². The Bertz CT molecular complexity index is 1520. The quantitative estimate of drug-likeness (QED) is 0.270. The Morgan fingerprint density at radius 3 is 2.49 bits per heavy atom. The average Bonchev–Trinajstić information content (AvgIpc) is 3.28. The first-order valence-electron chi connectivity index (χ1n) is 10.8. The minimum atomic E-state index is 0. The summed E-state index contributed by atoms with van der Waals surface area (Å²) in [5.74, 6) is 3.24. The average molecular weight is 527 g/mol. The summed E-state index contributed by atoms with van der Waals surface area (Å²) in [5.41, 5.74) is 4.77. The van der Waals surface area contributed by atoms with E-state index in [-0.39, 0.29) is 24.8 Å². The van der Waals surface area contributed by atoms with Crippen molar-refractivity contribution in [3.8, 4) is 22.9 Å². The smallest absolute Gasteiger partial charge is 0.138 e. The van der Waals surface area contributed by atoms with Gasteiger partial charge in [0, 0.05) is 40.8 Å². The molecule has 2 aromatic heterocycles. The second-order valence-corrected chi connectivity index (χ2v) is 8.36. The van der Waals surface area contributed by atoms with Crippen LogP contribution in [-0.4, -0.2) is 33.9 Å². The molecule has 0 saturated heterocycles. The Balaban J connectivity index is 0.00000144. The van der Waals surface area contributed by atoms with Gasteiger partial charge in [-0.05, 0) is 73.2 Å². The molecule has 35 heavy (non-hydrogen) atoms. The number of nitrogens with zero attached hydrogens (tertiary/aromatic N) is 3. The van der Waals surface area contributed by atoms with Crippen LogP contribution in [0.3, 0.4) is 0 Å². The molecule has 3 aromatic carbocycles. The maximum atomic E-state index is 6.13. The minimum Gasteiger partial charge on any atom is -0.457 e. The summed E-state index contributed by atoms with van der Waals surface area (Å²) in [6, 6.07) is 21.5. The molecule has 0 radical (unpaired) electrons. The van der Waals surface area contributed by atoms with Gasteiger partial charge in [0.25, 0.3) is 0 Å². The summed E-state index contributed by atoms with van der Waals surface area (Å²) in [6.45, 7) is 1.83. The van der Waals surface area contributed by atoms with Gasteiger partial charge in [0.15, 0.2) is 0 Å². The van der Waals surface area contributed by atoms with Crippen LogP contribution in [0.4, 0.5) is 0 Å². The van der Waals surface area contributed by atoms with Gasteiger partial charge in [0.05, 0.1) is 16.6 Å². The molecule has 5 aromatic rings. The summed E-state index contributed by atoms with van der Waals surface area (Å²) in [7, 11) is 0. The van der Waals surface area contributed by atoms with Crippen LogP contribution in [0, 0.1) is 0 Å². The Morgan fingerprint density at radius 2 is 1.69 bits per heavy atom. The molecule has 0 aliphatic carbocycles. The maximum absolute atomic E-state index is 6.13. The second kappa shape index (κ2) is 10.5. The molecule has 6 rings (SSSR count). The molecule has 6 nitrogen and oxygen atoms in total. The van der Waals surface area contributed by atoms with E-state index in [1.54, 1.807) is 6.20 Å². The van der Waals surface area contributed by atoms with E-state index in [2.05, 4.69) is 32.4 Å². The van der Waals surface area contributed by atoms with Crippen LogP contribution in [0.5, 0.6) is 11.5 Å². The Kier molecular flexibility index (Phi) is 7.45. The highest BCUT2D eigenvalue weighted by Crippen LogP contribution is 2.31. The molecule has 2 N–H and O–H groups in total. The lowest BCUT2D eigenvalue weighted by molar-refractivity contribution is 0.488. The zero-order valence-electron chi connectivity index (χ0n) is 18.5. The molecule has 1 aliphatic rings.